The van der Waals surface area contributed by atoms with Crippen molar-refractivity contribution in [2.45, 2.75) is 16.3 Å². The molecule has 5 nitrogen and oxygen atoms in total. The van der Waals surface area contributed by atoms with Crippen molar-refractivity contribution in [2.24, 2.45) is 0 Å². The van der Waals surface area contributed by atoms with Crippen LogP contribution in [-0.4, -0.2) is 13.0 Å². The van der Waals surface area contributed by atoms with E-state index < -0.39 is 22.1 Å². The Balaban J connectivity index is 1.82. The lowest BCUT2D eigenvalue weighted by molar-refractivity contribution is 0.530. The van der Waals surface area contributed by atoms with Gasteiger partial charge in [0, 0.05) is 16.1 Å². The maximum atomic E-state index is 13.8. The zero-order valence-corrected chi connectivity index (χ0v) is 19.6. The predicted octanol–water partition coefficient (Wildman–Crippen LogP) is 5.76. The molecule has 0 spiro atoms. The third-order valence-electron chi connectivity index (χ3n) is 5.46. The molecule has 1 aliphatic heterocycles. The number of hydrogen-bond donors (Lipinski definition) is 0. The van der Waals surface area contributed by atoms with E-state index >= 15 is 0 Å². The average molecular weight is 503 g/mol. The lowest BCUT2D eigenvalue weighted by atomic mass is 9.94. The highest BCUT2D eigenvalue weighted by Gasteiger charge is 2.47. The molecule has 0 N–H and O–H groups in total. The van der Waals surface area contributed by atoms with Crippen molar-refractivity contribution in [1.29, 1.82) is 0 Å². The summed E-state index contributed by atoms with van der Waals surface area (Å²) < 4.78 is 30.7. The predicted molar refractivity (Wildman–Crippen MR) is 128 cm³/mol. The summed E-state index contributed by atoms with van der Waals surface area (Å²) in [5.74, 6) is 0.311. The van der Waals surface area contributed by atoms with E-state index in [2.05, 4.69) is 0 Å². The van der Waals surface area contributed by atoms with E-state index in [1.54, 1.807) is 66.0 Å². The number of aromatic nitrogens is 1. The molecule has 2 atom stereocenters. The number of halogens is 2. The number of thiophene rings is 1. The number of nitrogens with zero attached hydrogens (tertiary/aromatic N) is 2. The first kappa shape index (κ1) is 21.3. The first-order chi connectivity index (χ1) is 15.4. The van der Waals surface area contributed by atoms with Gasteiger partial charge in [-0.15, -0.1) is 11.3 Å². The van der Waals surface area contributed by atoms with Gasteiger partial charge in [-0.3, -0.25) is 9.36 Å². The lowest BCUT2D eigenvalue weighted by Gasteiger charge is -2.28. The van der Waals surface area contributed by atoms with Gasteiger partial charge >= 0.3 is 0 Å². The number of anilines is 1. The number of hydrogen-bond acceptors (Lipinski definition) is 4. The van der Waals surface area contributed by atoms with Crippen molar-refractivity contribution < 1.29 is 8.42 Å². The quantitative estimate of drug-likeness (QED) is 0.356. The molecule has 32 heavy (non-hydrogen) atoms. The van der Waals surface area contributed by atoms with Crippen LogP contribution < -0.4 is 9.86 Å². The van der Waals surface area contributed by atoms with Crippen LogP contribution in [-0.2, 0) is 10.0 Å². The van der Waals surface area contributed by atoms with Crippen LogP contribution in [0.15, 0.2) is 93.2 Å². The zero-order chi connectivity index (χ0) is 22.5. The monoisotopic (exact) mass is 502 g/mol. The fourth-order valence-corrected chi connectivity index (χ4v) is 7.08. The van der Waals surface area contributed by atoms with E-state index in [-0.39, 0.29) is 9.77 Å². The minimum atomic E-state index is -3.95. The summed E-state index contributed by atoms with van der Waals surface area (Å²) in [4.78, 5) is 13.0. The van der Waals surface area contributed by atoms with Crippen molar-refractivity contribution in [2.75, 3.05) is 4.31 Å². The summed E-state index contributed by atoms with van der Waals surface area (Å²) in [6.07, 6.45) is 0. The topological polar surface area (TPSA) is 59.4 Å². The Bertz CT molecular complexity index is 1430. The van der Waals surface area contributed by atoms with Gasteiger partial charge in [-0.05, 0) is 52.9 Å². The molecule has 2 aromatic heterocycles. The second-order valence-corrected chi connectivity index (χ2v) is 11.2. The van der Waals surface area contributed by atoms with Crippen LogP contribution in [0, 0.1) is 0 Å². The molecule has 9 heteroatoms. The second-order valence-electron chi connectivity index (χ2n) is 7.32. The molecule has 0 bridgehead atoms. The van der Waals surface area contributed by atoms with Crippen LogP contribution in [0.5, 0.6) is 0 Å². The molecule has 0 saturated carbocycles. The third-order valence-corrected chi connectivity index (χ3v) is 9.12. The summed E-state index contributed by atoms with van der Waals surface area (Å²) >= 11 is 13.4. The van der Waals surface area contributed by atoms with Crippen LogP contribution in [0.4, 0.5) is 5.82 Å². The van der Waals surface area contributed by atoms with E-state index in [0.717, 1.165) is 22.5 Å². The first-order valence-electron chi connectivity index (χ1n) is 9.68. The Labute approximate surface area is 199 Å². The van der Waals surface area contributed by atoms with Crippen LogP contribution in [0.25, 0.3) is 0 Å². The largest absolute Gasteiger partial charge is 0.284 e. The molecule has 3 heterocycles. The molecule has 0 aliphatic carbocycles. The number of fused-ring (bicyclic) bond motifs is 1. The van der Waals surface area contributed by atoms with Crippen LogP contribution >= 0.6 is 34.5 Å². The molecule has 0 fully saturated rings. The maximum absolute atomic E-state index is 13.8. The molecular formula is C23H16Cl2N2O3S2. The highest BCUT2D eigenvalue weighted by molar-refractivity contribution is 7.94. The molecule has 0 amide bonds. The number of pyridine rings is 1. The normalized spacial score (nSPS) is 18.0. The molecule has 2 unspecified atom stereocenters. The lowest BCUT2D eigenvalue weighted by Crippen LogP contribution is -2.33. The molecule has 4 aromatic rings. The van der Waals surface area contributed by atoms with Crippen molar-refractivity contribution in [1.82, 2.24) is 4.57 Å². The van der Waals surface area contributed by atoms with Crippen molar-refractivity contribution in [3.8, 4) is 0 Å². The van der Waals surface area contributed by atoms with Gasteiger partial charge in [0.2, 0.25) is 0 Å². The second kappa shape index (κ2) is 8.08. The minimum Gasteiger partial charge on any atom is -0.284 e. The van der Waals surface area contributed by atoms with Gasteiger partial charge in [0.05, 0.1) is 12.1 Å². The molecule has 0 saturated heterocycles. The first-order valence-corrected chi connectivity index (χ1v) is 12.8. The van der Waals surface area contributed by atoms with Crippen molar-refractivity contribution in [3.05, 3.63) is 116 Å². The highest BCUT2D eigenvalue weighted by Crippen LogP contribution is 2.49. The fourth-order valence-electron chi connectivity index (χ4n) is 4.11. The van der Waals surface area contributed by atoms with E-state index in [1.165, 1.54) is 14.9 Å². The van der Waals surface area contributed by atoms with Crippen molar-refractivity contribution >= 4 is 50.4 Å². The maximum Gasteiger partial charge on any atom is 0.275 e. The molecule has 162 valence electrons. The summed E-state index contributed by atoms with van der Waals surface area (Å²) in [6, 6.07) is 20.8. The molecule has 1 aliphatic rings. The molecular weight excluding hydrogens is 487 g/mol. The Morgan fingerprint density at radius 1 is 0.750 bits per heavy atom. The highest BCUT2D eigenvalue weighted by atomic mass is 35.5. The Kier molecular flexibility index (Phi) is 5.37. The van der Waals surface area contributed by atoms with Gasteiger partial charge in [-0.2, -0.15) is 0 Å². The minimum absolute atomic E-state index is 0.205. The van der Waals surface area contributed by atoms with E-state index in [9.17, 15) is 13.2 Å². The molecule has 5 rings (SSSR count). The third kappa shape index (κ3) is 3.46. The Hall–Kier alpha value is -2.58. The SMILES string of the molecule is O=c1cccc2n1C(c1ccc(Cl)cc1)C(c1ccc(Cl)cc1)N2S(=O)(=O)c1cccs1. The Morgan fingerprint density at radius 2 is 1.34 bits per heavy atom. The van der Waals surface area contributed by atoms with Gasteiger partial charge in [0.15, 0.2) is 0 Å². The van der Waals surface area contributed by atoms with Gasteiger partial charge in [0.25, 0.3) is 15.6 Å². The Morgan fingerprint density at radius 3 is 1.91 bits per heavy atom. The van der Waals surface area contributed by atoms with E-state index in [0.29, 0.717) is 15.9 Å². The number of sulfonamides is 1. The number of rotatable bonds is 4. The van der Waals surface area contributed by atoms with Crippen molar-refractivity contribution in [3.63, 3.8) is 0 Å². The fraction of sp³-hybridized carbons (Fsp3) is 0.0870. The van der Waals surface area contributed by atoms with E-state index in [4.69, 9.17) is 23.2 Å². The molecule has 2 aromatic carbocycles. The van der Waals surface area contributed by atoms with Gasteiger partial charge < -0.3 is 0 Å². The van der Waals surface area contributed by atoms with Crippen LogP contribution in [0.2, 0.25) is 10.0 Å². The van der Waals surface area contributed by atoms with Gasteiger partial charge in [0.1, 0.15) is 10.0 Å². The average Bonchev–Trinajstić information content (AvgIpc) is 3.43. The zero-order valence-electron chi connectivity index (χ0n) is 16.4. The van der Waals surface area contributed by atoms with E-state index in [1.807, 2.05) is 12.1 Å². The smallest absolute Gasteiger partial charge is 0.275 e. The van der Waals surface area contributed by atoms with Gasteiger partial charge in [-0.1, -0.05) is 59.6 Å². The summed E-state index contributed by atoms with van der Waals surface area (Å²) in [7, 11) is -3.95. The standard InChI is InChI=1S/C23H16Cl2N2O3S2/c24-17-10-6-15(7-11-17)22-23(16-8-12-18(25)13-9-16)27(19-3-1-4-20(28)26(19)22)32(29,30)21-5-2-14-31-21/h1-14,22-23H. The number of benzene rings is 2. The summed E-state index contributed by atoms with van der Waals surface area (Å²) in [5, 5.41) is 2.81. The van der Waals surface area contributed by atoms with Crippen LogP contribution in [0.1, 0.15) is 23.2 Å². The van der Waals surface area contributed by atoms with Gasteiger partial charge in [-0.25, -0.2) is 12.7 Å². The van der Waals surface area contributed by atoms with Crippen LogP contribution in [0.3, 0.4) is 0 Å². The molecule has 0 radical (unpaired) electrons. The summed E-state index contributed by atoms with van der Waals surface area (Å²) in [5.41, 5.74) is 1.20. The summed E-state index contributed by atoms with van der Waals surface area (Å²) in [6.45, 7) is 0.